The normalized spacial score (nSPS) is 28.4. The van der Waals surface area contributed by atoms with Crippen molar-refractivity contribution in [2.75, 3.05) is 26.2 Å². The Kier molecular flexibility index (Phi) is 6.26. The third-order valence-corrected chi connectivity index (χ3v) is 6.95. The van der Waals surface area contributed by atoms with Crippen LogP contribution in [-0.4, -0.2) is 80.1 Å². The highest BCUT2D eigenvalue weighted by molar-refractivity contribution is 6.30. The minimum absolute atomic E-state index is 0.00882. The topological polar surface area (TPSA) is 98.4 Å². The van der Waals surface area contributed by atoms with Gasteiger partial charge in [0.15, 0.2) is 0 Å². The van der Waals surface area contributed by atoms with Crippen molar-refractivity contribution >= 4 is 29.6 Å². The number of aliphatic hydroxyl groups is 1. The van der Waals surface area contributed by atoms with Crippen LogP contribution in [0.4, 0.5) is 0 Å². The number of piperidine rings is 3. The monoisotopic (exact) mass is 434 g/mol. The summed E-state index contributed by atoms with van der Waals surface area (Å²) >= 11 is 6.05. The van der Waals surface area contributed by atoms with E-state index in [4.69, 9.17) is 21.5 Å². The molecular weight excluding hydrogens is 408 g/mol. The number of carboxylic acid groups (broad SMARTS) is 1. The number of hydrogen-bond donors (Lipinski definition) is 2. The van der Waals surface area contributed by atoms with Crippen molar-refractivity contribution in [2.45, 2.75) is 37.8 Å². The summed E-state index contributed by atoms with van der Waals surface area (Å²) < 4.78 is 1.81. The van der Waals surface area contributed by atoms with Gasteiger partial charge in [0.25, 0.3) is 12.4 Å². The van der Waals surface area contributed by atoms with E-state index in [0.29, 0.717) is 35.1 Å². The molecule has 30 heavy (non-hydrogen) atoms. The second-order valence-electron chi connectivity index (χ2n) is 8.36. The van der Waals surface area contributed by atoms with Crippen LogP contribution in [-0.2, 0) is 4.79 Å². The lowest BCUT2D eigenvalue weighted by Crippen LogP contribution is -2.65. The highest BCUT2D eigenvalue weighted by Gasteiger charge is 2.47. The zero-order chi connectivity index (χ0) is 21.3. The largest absolute Gasteiger partial charge is 0.483 e. The van der Waals surface area contributed by atoms with Crippen LogP contribution in [0.25, 0.3) is 5.65 Å². The average molecular weight is 435 g/mol. The summed E-state index contributed by atoms with van der Waals surface area (Å²) in [5, 5.41) is 17.5. The molecule has 2 aromatic rings. The third-order valence-electron chi connectivity index (χ3n) is 6.73. The van der Waals surface area contributed by atoms with E-state index in [0.717, 1.165) is 25.2 Å². The first-order valence-corrected chi connectivity index (χ1v) is 10.8. The summed E-state index contributed by atoms with van der Waals surface area (Å²) in [7, 11) is 0. The predicted octanol–water partition coefficient (Wildman–Crippen LogP) is 2.00. The first-order valence-electron chi connectivity index (χ1n) is 10.4. The average Bonchev–Trinajstić information content (AvgIpc) is 3.17. The second-order valence-corrected chi connectivity index (χ2v) is 8.80. The van der Waals surface area contributed by atoms with Crippen LogP contribution >= 0.6 is 11.6 Å². The van der Waals surface area contributed by atoms with Crippen molar-refractivity contribution in [3.05, 3.63) is 35.2 Å². The summed E-state index contributed by atoms with van der Waals surface area (Å²) in [6.45, 7) is 2.52. The molecule has 3 aliphatic rings. The first-order chi connectivity index (χ1) is 14.5. The third kappa shape index (κ3) is 3.91. The minimum Gasteiger partial charge on any atom is -0.483 e. The van der Waals surface area contributed by atoms with E-state index in [1.165, 1.54) is 19.3 Å². The summed E-state index contributed by atoms with van der Waals surface area (Å²) in [6.07, 6.45) is 8.32. The molecule has 9 heteroatoms. The van der Waals surface area contributed by atoms with Crippen molar-refractivity contribution in [1.29, 1.82) is 0 Å². The molecule has 0 aliphatic carbocycles. The summed E-state index contributed by atoms with van der Waals surface area (Å²) in [5.41, 5.74) is 1.20. The van der Waals surface area contributed by atoms with Gasteiger partial charge >= 0.3 is 0 Å². The number of rotatable bonds is 2. The fourth-order valence-electron chi connectivity index (χ4n) is 5.55. The Labute approximate surface area is 180 Å². The van der Waals surface area contributed by atoms with Crippen LogP contribution in [0.2, 0.25) is 5.02 Å². The van der Waals surface area contributed by atoms with Crippen LogP contribution in [0.1, 0.15) is 36.2 Å². The van der Waals surface area contributed by atoms with Gasteiger partial charge in [-0.3, -0.25) is 14.5 Å². The quantitative estimate of drug-likeness (QED) is 0.701. The molecule has 8 nitrogen and oxygen atoms in total. The Morgan fingerprint density at radius 1 is 1.23 bits per heavy atom. The maximum atomic E-state index is 13.2. The minimum atomic E-state index is -0.250. The maximum absolute atomic E-state index is 13.2. The summed E-state index contributed by atoms with van der Waals surface area (Å²) in [4.78, 5) is 30.5. The summed E-state index contributed by atoms with van der Waals surface area (Å²) in [5.74, 6) is 0.839. The van der Waals surface area contributed by atoms with Crippen LogP contribution < -0.4 is 0 Å². The molecule has 0 saturated carbocycles. The van der Waals surface area contributed by atoms with Crippen molar-refractivity contribution in [3.8, 4) is 0 Å². The molecular formula is C21H27ClN4O4. The molecule has 2 aromatic heterocycles. The molecule has 0 spiro atoms. The Balaban J connectivity index is 0.000000687. The fraction of sp³-hybridized carbons (Fsp3) is 0.571. The molecule has 5 rings (SSSR count). The van der Waals surface area contributed by atoms with Crippen molar-refractivity contribution in [2.24, 2.45) is 11.8 Å². The number of likely N-dealkylation sites (tertiary alicyclic amines) is 1. The van der Waals surface area contributed by atoms with Gasteiger partial charge in [0.2, 0.25) is 0 Å². The Morgan fingerprint density at radius 2 is 2.00 bits per heavy atom. The van der Waals surface area contributed by atoms with Gasteiger partial charge in [-0.05, 0) is 49.8 Å². The molecule has 0 aromatic carbocycles. The number of amides is 1. The molecule has 5 heterocycles. The number of aliphatic hydroxyl groups excluding tert-OH is 1. The van der Waals surface area contributed by atoms with Gasteiger partial charge in [-0.25, -0.2) is 4.98 Å². The molecule has 2 N–H and O–H groups in total. The highest BCUT2D eigenvalue weighted by Crippen LogP contribution is 2.41. The number of fused-ring (bicyclic) bond motifs is 5. The number of halogens is 1. The van der Waals surface area contributed by atoms with Crippen LogP contribution in [0, 0.1) is 11.8 Å². The van der Waals surface area contributed by atoms with E-state index in [1.807, 2.05) is 11.0 Å². The van der Waals surface area contributed by atoms with Gasteiger partial charge in [-0.1, -0.05) is 18.0 Å². The van der Waals surface area contributed by atoms with Crippen LogP contribution in [0.15, 0.2) is 24.5 Å². The predicted molar refractivity (Wildman–Crippen MR) is 112 cm³/mol. The van der Waals surface area contributed by atoms with Gasteiger partial charge in [0.1, 0.15) is 11.3 Å². The SMILES string of the molecule is O=C(c1cn2cc(Cl)ccc2n1)N1C[C@H]2C[C@@H](C1)[C@H](CO)N1CCCC[C@@H]21.O=CO. The molecule has 2 bridgehead atoms. The van der Waals surface area contributed by atoms with E-state index >= 15 is 0 Å². The fourth-order valence-corrected chi connectivity index (χ4v) is 5.72. The van der Waals surface area contributed by atoms with Crippen molar-refractivity contribution in [3.63, 3.8) is 0 Å². The first kappa shape index (κ1) is 21.1. The number of nitrogens with zero attached hydrogens (tertiary/aromatic N) is 4. The lowest BCUT2D eigenvalue weighted by molar-refractivity contribution is -0.122. The zero-order valence-corrected chi connectivity index (χ0v) is 17.5. The van der Waals surface area contributed by atoms with Crippen LogP contribution in [0.3, 0.4) is 0 Å². The van der Waals surface area contributed by atoms with E-state index in [2.05, 4.69) is 9.88 Å². The molecule has 0 unspecified atom stereocenters. The van der Waals surface area contributed by atoms with E-state index in [-0.39, 0.29) is 25.0 Å². The molecule has 3 aliphatic heterocycles. The number of hydrogen-bond acceptors (Lipinski definition) is 5. The number of aromatic nitrogens is 2. The lowest BCUT2D eigenvalue weighted by atomic mass is 9.72. The van der Waals surface area contributed by atoms with E-state index in [9.17, 15) is 9.90 Å². The van der Waals surface area contributed by atoms with Crippen LogP contribution in [0.5, 0.6) is 0 Å². The zero-order valence-electron chi connectivity index (χ0n) is 16.7. The second kappa shape index (κ2) is 8.91. The number of pyridine rings is 1. The van der Waals surface area contributed by atoms with Crippen molar-refractivity contribution < 1.29 is 19.8 Å². The highest BCUT2D eigenvalue weighted by atomic mass is 35.5. The van der Waals surface area contributed by atoms with Gasteiger partial charge in [0, 0.05) is 37.6 Å². The molecule has 4 atom stereocenters. The molecule has 0 radical (unpaired) electrons. The van der Waals surface area contributed by atoms with Gasteiger partial charge < -0.3 is 19.5 Å². The van der Waals surface area contributed by atoms with Gasteiger partial charge in [0.05, 0.1) is 11.6 Å². The molecule has 162 valence electrons. The van der Waals surface area contributed by atoms with E-state index in [1.54, 1.807) is 22.9 Å². The lowest BCUT2D eigenvalue weighted by Gasteiger charge is -2.56. The Hall–Kier alpha value is -2.16. The smallest absolute Gasteiger partial charge is 0.290 e. The number of carbonyl (C=O) groups excluding carboxylic acids is 1. The molecule has 1 amide bonds. The van der Waals surface area contributed by atoms with Crippen molar-refractivity contribution in [1.82, 2.24) is 19.2 Å². The van der Waals surface area contributed by atoms with E-state index < -0.39 is 0 Å². The standard InChI is InChI=1S/C20H25ClN4O2.CH2O2/c21-15-4-5-19-22-16(11-23(19)10-15)20(27)24-8-13-7-14(9-24)18(12-26)25-6-2-1-3-17(13)25;2-1-3/h4-5,10-11,13-14,17-18,26H,1-3,6-9,12H2;1H,(H,2,3)/t13-,14+,17+,18+;/m1./s1. The maximum Gasteiger partial charge on any atom is 0.290 e. The Morgan fingerprint density at radius 3 is 2.77 bits per heavy atom. The molecule has 3 fully saturated rings. The van der Waals surface area contributed by atoms with Gasteiger partial charge in [-0.2, -0.15) is 0 Å². The number of carbonyl (C=O) groups is 2. The number of imidazole rings is 1. The van der Waals surface area contributed by atoms with Gasteiger partial charge in [-0.15, -0.1) is 0 Å². The Bertz CT molecular complexity index is 906. The summed E-state index contributed by atoms with van der Waals surface area (Å²) in [6, 6.07) is 4.29. The molecule has 3 saturated heterocycles.